The number of benzene rings is 1. The lowest BCUT2D eigenvalue weighted by Gasteiger charge is -2.11. The minimum atomic E-state index is -0.536. The first-order valence-corrected chi connectivity index (χ1v) is 6.21. The van der Waals surface area contributed by atoms with Crippen molar-refractivity contribution in [2.75, 3.05) is 0 Å². The summed E-state index contributed by atoms with van der Waals surface area (Å²) in [5, 5.41) is 6.98. The van der Waals surface area contributed by atoms with Gasteiger partial charge in [0.25, 0.3) is 0 Å². The van der Waals surface area contributed by atoms with Gasteiger partial charge in [0, 0.05) is 13.2 Å². The van der Waals surface area contributed by atoms with Gasteiger partial charge in [-0.1, -0.05) is 30.3 Å². The largest absolute Gasteiger partial charge is 0.349 e. The van der Waals surface area contributed by atoms with Crippen molar-refractivity contribution in [3.05, 3.63) is 53.9 Å². The molecule has 3 N–H and O–H groups in total. The molecule has 0 bridgehead atoms. The third kappa shape index (κ3) is 3.93. The van der Waals surface area contributed by atoms with Crippen LogP contribution in [0.2, 0.25) is 0 Å². The van der Waals surface area contributed by atoms with Crippen LogP contribution in [0.4, 0.5) is 0 Å². The normalized spacial score (nSPS) is 12.1. The van der Waals surface area contributed by atoms with Gasteiger partial charge in [-0.2, -0.15) is 5.10 Å². The molecule has 1 atom stereocenters. The van der Waals surface area contributed by atoms with Crippen LogP contribution in [0, 0.1) is 0 Å². The number of carbonyl (C=O) groups is 1. The summed E-state index contributed by atoms with van der Waals surface area (Å²) in [6.45, 7) is 0.405. The second kappa shape index (κ2) is 6.15. The van der Waals surface area contributed by atoms with Crippen LogP contribution in [0.15, 0.2) is 42.6 Å². The minimum Gasteiger partial charge on any atom is -0.349 e. The fourth-order valence-electron chi connectivity index (χ4n) is 1.83. The van der Waals surface area contributed by atoms with Gasteiger partial charge >= 0.3 is 0 Å². The predicted molar refractivity (Wildman–Crippen MR) is 73.2 cm³/mol. The van der Waals surface area contributed by atoms with E-state index in [1.54, 1.807) is 4.68 Å². The Labute approximate surface area is 112 Å². The summed E-state index contributed by atoms with van der Waals surface area (Å²) < 4.78 is 1.70. The third-order valence-electron chi connectivity index (χ3n) is 2.85. The summed E-state index contributed by atoms with van der Waals surface area (Å²) in [5.74, 6) is -0.158. The standard InChI is InChI=1S/C14H18N4O/c1-18-8-7-12(17-18)10-16-14(19)13(15)9-11-5-3-2-4-6-11/h2-8,13H,9-10,15H2,1H3,(H,16,19). The molecule has 2 aromatic rings. The third-order valence-corrected chi connectivity index (χ3v) is 2.85. The molecule has 1 aromatic heterocycles. The Kier molecular flexibility index (Phi) is 4.30. The smallest absolute Gasteiger partial charge is 0.237 e. The lowest BCUT2D eigenvalue weighted by molar-refractivity contribution is -0.122. The van der Waals surface area contributed by atoms with Crippen molar-refractivity contribution in [2.24, 2.45) is 12.8 Å². The number of hydrogen-bond donors (Lipinski definition) is 2. The predicted octanol–water partition coefficient (Wildman–Crippen LogP) is 0.606. The molecule has 0 saturated heterocycles. The molecule has 19 heavy (non-hydrogen) atoms. The zero-order chi connectivity index (χ0) is 13.7. The van der Waals surface area contributed by atoms with E-state index in [2.05, 4.69) is 10.4 Å². The van der Waals surface area contributed by atoms with Crippen LogP contribution in [0.5, 0.6) is 0 Å². The zero-order valence-corrected chi connectivity index (χ0v) is 10.9. The van der Waals surface area contributed by atoms with Crippen LogP contribution < -0.4 is 11.1 Å². The van der Waals surface area contributed by atoms with Gasteiger partial charge in [0.05, 0.1) is 18.3 Å². The first-order valence-electron chi connectivity index (χ1n) is 6.21. The number of aromatic nitrogens is 2. The van der Waals surface area contributed by atoms with E-state index >= 15 is 0 Å². The average Bonchev–Trinajstić information content (AvgIpc) is 2.83. The highest BCUT2D eigenvalue weighted by Gasteiger charge is 2.13. The Morgan fingerprint density at radius 1 is 1.37 bits per heavy atom. The SMILES string of the molecule is Cn1ccc(CNC(=O)C(N)Cc2ccccc2)n1. The van der Waals surface area contributed by atoms with Crippen molar-refractivity contribution in [3.63, 3.8) is 0 Å². The first kappa shape index (κ1) is 13.3. The molecule has 1 amide bonds. The topological polar surface area (TPSA) is 72.9 Å². The summed E-state index contributed by atoms with van der Waals surface area (Å²) in [4.78, 5) is 11.9. The second-order valence-corrected chi connectivity index (χ2v) is 4.49. The lowest BCUT2D eigenvalue weighted by atomic mass is 10.1. The Hall–Kier alpha value is -2.14. The second-order valence-electron chi connectivity index (χ2n) is 4.49. The van der Waals surface area contributed by atoms with E-state index in [1.165, 1.54) is 0 Å². The highest BCUT2D eigenvalue weighted by atomic mass is 16.2. The Morgan fingerprint density at radius 2 is 2.11 bits per heavy atom. The molecular formula is C14H18N4O. The number of hydrogen-bond acceptors (Lipinski definition) is 3. The van der Waals surface area contributed by atoms with Gasteiger partial charge in [0.15, 0.2) is 0 Å². The number of nitrogens with zero attached hydrogens (tertiary/aromatic N) is 2. The summed E-state index contributed by atoms with van der Waals surface area (Å²) >= 11 is 0. The molecule has 2 rings (SSSR count). The highest BCUT2D eigenvalue weighted by Crippen LogP contribution is 2.02. The molecule has 0 radical (unpaired) electrons. The molecule has 0 fully saturated rings. The molecule has 5 nitrogen and oxygen atoms in total. The Balaban J connectivity index is 1.82. The zero-order valence-electron chi connectivity index (χ0n) is 10.9. The van der Waals surface area contributed by atoms with E-state index in [9.17, 15) is 4.79 Å². The van der Waals surface area contributed by atoms with Gasteiger partial charge in [0.1, 0.15) is 0 Å². The molecule has 1 unspecified atom stereocenters. The molecular weight excluding hydrogens is 240 g/mol. The summed E-state index contributed by atoms with van der Waals surface area (Å²) in [6, 6.07) is 11.1. The Bertz CT molecular complexity index is 535. The minimum absolute atomic E-state index is 0.158. The van der Waals surface area contributed by atoms with Gasteiger partial charge in [-0.05, 0) is 18.1 Å². The maximum absolute atomic E-state index is 11.9. The quantitative estimate of drug-likeness (QED) is 0.825. The van der Waals surface area contributed by atoms with Crippen molar-refractivity contribution < 1.29 is 4.79 Å². The number of amides is 1. The van der Waals surface area contributed by atoms with Crippen LogP contribution >= 0.6 is 0 Å². The van der Waals surface area contributed by atoms with Gasteiger partial charge < -0.3 is 11.1 Å². The molecule has 0 aliphatic carbocycles. The highest BCUT2D eigenvalue weighted by molar-refractivity contribution is 5.81. The first-order chi connectivity index (χ1) is 9.15. The molecule has 0 aliphatic rings. The van der Waals surface area contributed by atoms with Crippen molar-refractivity contribution in [1.82, 2.24) is 15.1 Å². The van der Waals surface area contributed by atoms with Crippen LogP contribution in [0.3, 0.4) is 0 Å². The molecule has 0 aliphatic heterocycles. The van der Waals surface area contributed by atoms with Gasteiger partial charge in [-0.25, -0.2) is 0 Å². The van der Waals surface area contributed by atoms with Gasteiger partial charge in [-0.15, -0.1) is 0 Å². The van der Waals surface area contributed by atoms with Crippen molar-refractivity contribution in [3.8, 4) is 0 Å². The lowest BCUT2D eigenvalue weighted by Crippen LogP contribution is -2.41. The van der Waals surface area contributed by atoms with Crippen LogP contribution in [0.1, 0.15) is 11.3 Å². The number of nitrogens with two attached hydrogens (primary N) is 1. The fraction of sp³-hybridized carbons (Fsp3) is 0.286. The average molecular weight is 258 g/mol. The van der Waals surface area contributed by atoms with E-state index in [0.717, 1.165) is 11.3 Å². The number of aryl methyl sites for hydroxylation is 1. The fourth-order valence-corrected chi connectivity index (χ4v) is 1.83. The van der Waals surface area contributed by atoms with Gasteiger partial charge in [0.2, 0.25) is 5.91 Å². The Morgan fingerprint density at radius 3 is 2.74 bits per heavy atom. The number of nitrogens with one attached hydrogen (secondary N) is 1. The molecule has 1 heterocycles. The summed E-state index contributed by atoms with van der Waals surface area (Å²) in [5.41, 5.74) is 7.76. The van der Waals surface area contributed by atoms with Crippen molar-refractivity contribution in [2.45, 2.75) is 19.0 Å². The molecule has 0 saturated carbocycles. The molecule has 1 aromatic carbocycles. The number of carbonyl (C=O) groups excluding carboxylic acids is 1. The van der Waals surface area contributed by atoms with Crippen LogP contribution in [0.25, 0.3) is 0 Å². The van der Waals surface area contributed by atoms with Crippen LogP contribution in [-0.4, -0.2) is 21.7 Å². The summed E-state index contributed by atoms with van der Waals surface area (Å²) in [6.07, 6.45) is 2.38. The van der Waals surface area contributed by atoms with E-state index in [-0.39, 0.29) is 5.91 Å². The molecule has 0 spiro atoms. The number of rotatable bonds is 5. The van der Waals surface area contributed by atoms with E-state index in [0.29, 0.717) is 13.0 Å². The monoisotopic (exact) mass is 258 g/mol. The van der Waals surface area contributed by atoms with Crippen molar-refractivity contribution >= 4 is 5.91 Å². The van der Waals surface area contributed by atoms with Crippen molar-refractivity contribution in [1.29, 1.82) is 0 Å². The van der Waals surface area contributed by atoms with E-state index in [4.69, 9.17) is 5.73 Å². The molecule has 100 valence electrons. The summed E-state index contributed by atoms with van der Waals surface area (Å²) in [7, 11) is 1.84. The van der Waals surface area contributed by atoms with E-state index in [1.807, 2.05) is 49.6 Å². The maximum Gasteiger partial charge on any atom is 0.237 e. The van der Waals surface area contributed by atoms with Crippen LogP contribution in [-0.2, 0) is 24.8 Å². The van der Waals surface area contributed by atoms with E-state index < -0.39 is 6.04 Å². The maximum atomic E-state index is 11.9. The molecule has 5 heteroatoms. The van der Waals surface area contributed by atoms with Gasteiger partial charge in [-0.3, -0.25) is 9.48 Å².